The van der Waals surface area contributed by atoms with E-state index < -0.39 is 91.0 Å². The van der Waals surface area contributed by atoms with Crippen molar-refractivity contribution in [1.29, 1.82) is 0 Å². The lowest BCUT2D eigenvalue weighted by Crippen LogP contribution is -2.16. The summed E-state index contributed by atoms with van der Waals surface area (Å²) in [5, 5.41) is 22.9. The molecule has 0 saturated carbocycles. The predicted octanol–water partition coefficient (Wildman–Crippen LogP) is 9.59. The number of rotatable bonds is 11. The summed E-state index contributed by atoms with van der Waals surface area (Å²) in [4.78, 5) is 69.5. The SMILES string of the molecule is COC=C(C(=O)c1ccc(Cl)cc1)C(=O)c1ccc(C(F)(F)F)cc1[N+](=O)[O-].O=C(CC(=O)c1ccc(C(F)(F)F)cc1[N+](=O)[O-])c1ccc(Cl)cc1. The molecule has 0 aliphatic heterocycles. The summed E-state index contributed by atoms with van der Waals surface area (Å²) in [6.45, 7) is 0. The molecule has 0 unspecified atom stereocenters. The van der Waals surface area contributed by atoms with Crippen LogP contribution in [0, 0.1) is 20.2 Å². The Kier molecular flexibility index (Phi) is 13.3. The first kappa shape index (κ1) is 41.5. The molecule has 4 rings (SSSR count). The van der Waals surface area contributed by atoms with Gasteiger partial charge in [0, 0.05) is 33.3 Å². The van der Waals surface area contributed by atoms with Crippen molar-refractivity contribution in [3.63, 3.8) is 0 Å². The van der Waals surface area contributed by atoms with Crippen LogP contribution < -0.4 is 0 Å². The fourth-order valence-electron chi connectivity index (χ4n) is 4.35. The Morgan fingerprint density at radius 3 is 1.47 bits per heavy atom. The molecule has 0 aliphatic rings. The first-order chi connectivity index (χ1) is 24.6. The van der Waals surface area contributed by atoms with Crippen LogP contribution in [0.25, 0.3) is 0 Å². The van der Waals surface area contributed by atoms with Gasteiger partial charge in [0.25, 0.3) is 11.4 Å². The van der Waals surface area contributed by atoms with Gasteiger partial charge in [-0.05, 0) is 72.8 Å². The zero-order chi connectivity index (χ0) is 39.8. The summed E-state index contributed by atoms with van der Waals surface area (Å²) in [6.07, 6.45) is -9.56. The Morgan fingerprint density at radius 2 is 1.06 bits per heavy atom. The number of nitro benzene ring substituents is 2. The van der Waals surface area contributed by atoms with Crippen molar-refractivity contribution in [2.75, 3.05) is 7.11 Å². The number of nitrogens with zero attached hydrogens (tertiary/aromatic N) is 2. The van der Waals surface area contributed by atoms with E-state index in [0.717, 1.165) is 13.4 Å². The fourth-order valence-corrected chi connectivity index (χ4v) is 4.61. The van der Waals surface area contributed by atoms with E-state index in [4.69, 9.17) is 27.9 Å². The lowest BCUT2D eigenvalue weighted by atomic mass is 9.95. The number of carbonyl (C=O) groups is 4. The highest BCUT2D eigenvalue weighted by Gasteiger charge is 2.36. The predicted molar refractivity (Wildman–Crippen MR) is 176 cm³/mol. The van der Waals surface area contributed by atoms with E-state index in [-0.39, 0.29) is 23.3 Å². The van der Waals surface area contributed by atoms with Crippen molar-refractivity contribution in [1.82, 2.24) is 0 Å². The van der Waals surface area contributed by atoms with E-state index in [2.05, 4.69) is 0 Å². The van der Waals surface area contributed by atoms with Gasteiger partial charge in [0.15, 0.2) is 17.3 Å². The second-order valence-electron chi connectivity index (χ2n) is 10.4. The minimum absolute atomic E-state index is 0.0376. The van der Waals surface area contributed by atoms with Crippen LogP contribution in [-0.2, 0) is 17.1 Å². The number of benzene rings is 4. The molecule has 4 aromatic carbocycles. The molecule has 11 nitrogen and oxygen atoms in total. The number of hydrogen-bond acceptors (Lipinski definition) is 9. The van der Waals surface area contributed by atoms with Gasteiger partial charge in [-0.3, -0.25) is 39.4 Å². The minimum Gasteiger partial charge on any atom is -0.503 e. The van der Waals surface area contributed by atoms with Crippen molar-refractivity contribution in [2.45, 2.75) is 18.8 Å². The molecule has 0 heterocycles. The summed E-state index contributed by atoms with van der Waals surface area (Å²) in [5.41, 5.74) is -6.24. The number of Topliss-reactive ketones (excluding diaryl/α,β-unsaturated/α-hetero) is 4. The Bertz CT molecular complexity index is 2120. The summed E-state index contributed by atoms with van der Waals surface area (Å²) < 4.78 is 81.1. The van der Waals surface area contributed by atoms with Crippen LogP contribution in [0.15, 0.2) is 96.8 Å². The number of hydrogen-bond donors (Lipinski definition) is 0. The van der Waals surface area contributed by atoms with Crippen LogP contribution in [0.3, 0.4) is 0 Å². The number of alkyl halides is 6. The Balaban J connectivity index is 0.000000287. The third-order valence-electron chi connectivity index (χ3n) is 6.91. The van der Waals surface area contributed by atoms with E-state index in [1.807, 2.05) is 0 Å². The molecule has 19 heteroatoms. The second kappa shape index (κ2) is 17.1. The highest BCUT2D eigenvalue weighted by Crippen LogP contribution is 2.35. The molecular formula is C34H20Cl2F6N2O9. The third kappa shape index (κ3) is 10.8. The third-order valence-corrected chi connectivity index (χ3v) is 7.41. The molecule has 0 aliphatic carbocycles. The lowest BCUT2D eigenvalue weighted by molar-refractivity contribution is -0.385. The number of carbonyl (C=O) groups excluding carboxylic acids is 4. The van der Waals surface area contributed by atoms with Crippen molar-refractivity contribution >= 4 is 57.7 Å². The van der Waals surface area contributed by atoms with Crippen LogP contribution in [0.4, 0.5) is 37.7 Å². The largest absolute Gasteiger partial charge is 0.503 e. The Hall–Kier alpha value is -5.94. The Morgan fingerprint density at radius 1 is 0.642 bits per heavy atom. The van der Waals surface area contributed by atoms with Gasteiger partial charge in [0.05, 0.1) is 46.3 Å². The number of allylic oxidation sites excluding steroid dienone is 1. The van der Waals surface area contributed by atoms with Crippen LogP contribution in [0.5, 0.6) is 0 Å². The van der Waals surface area contributed by atoms with Gasteiger partial charge < -0.3 is 4.74 Å². The van der Waals surface area contributed by atoms with Gasteiger partial charge in [-0.1, -0.05) is 23.2 Å². The number of methoxy groups -OCH3 is 1. The van der Waals surface area contributed by atoms with Crippen LogP contribution in [0.1, 0.15) is 59.0 Å². The second-order valence-corrected chi connectivity index (χ2v) is 11.3. The van der Waals surface area contributed by atoms with E-state index in [9.17, 15) is 65.7 Å². The van der Waals surface area contributed by atoms with Crippen LogP contribution >= 0.6 is 23.2 Å². The van der Waals surface area contributed by atoms with Crippen LogP contribution in [-0.4, -0.2) is 40.1 Å². The van der Waals surface area contributed by atoms with Crippen molar-refractivity contribution in [3.05, 3.63) is 160 Å². The lowest BCUT2D eigenvalue weighted by Gasteiger charge is -2.10. The fraction of sp³-hybridized carbons (Fsp3) is 0.118. The molecule has 4 aromatic rings. The molecule has 0 bridgehead atoms. The van der Waals surface area contributed by atoms with Crippen LogP contribution in [0.2, 0.25) is 10.0 Å². The van der Waals surface area contributed by atoms with E-state index in [1.54, 1.807) is 0 Å². The summed E-state index contributed by atoms with van der Waals surface area (Å²) >= 11 is 11.4. The van der Waals surface area contributed by atoms with Crippen molar-refractivity contribution in [3.8, 4) is 0 Å². The average molecular weight is 785 g/mol. The van der Waals surface area contributed by atoms with Gasteiger partial charge in [-0.15, -0.1) is 0 Å². The molecule has 0 amide bonds. The molecule has 0 spiro atoms. The molecule has 0 N–H and O–H groups in total. The summed E-state index contributed by atoms with van der Waals surface area (Å²) in [5.74, 6) is -3.56. The van der Waals surface area contributed by atoms with Gasteiger partial charge >= 0.3 is 12.4 Å². The maximum Gasteiger partial charge on any atom is 0.416 e. The number of halogens is 8. The zero-order valence-electron chi connectivity index (χ0n) is 26.5. The van der Waals surface area contributed by atoms with Gasteiger partial charge in [-0.2, -0.15) is 26.3 Å². The maximum absolute atomic E-state index is 12.8. The molecule has 0 fully saturated rings. The average Bonchev–Trinajstić information content (AvgIpc) is 3.09. The molecule has 0 radical (unpaired) electrons. The van der Waals surface area contributed by atoms with E-state index in [1.165, 1.54) is 48.5 Å². The van der Waals surface area contributed by atoms with E-state index in [0.29, 0.717) is 34.3 Å². The normalized spacial score (nSPS) is 11.5. The van der Waals surface area contributed by atoms with Crippen molar-refractivity contribution < 1.29 is 60.1 Å². The smallest absolute Gasteiger partial charge is 0.416 e. The summed E-state index contributed by atoms with van der Waals surface area (Å²) in [7, 11) is 1.14. The molecule has 0 aromatic heterocycles. The van der Waals surface area contributed by atoms with E-state index >= 15 is 0 Å². The topological polar surface area (TPSA) is 164 Å². The highest BCUT2D eigenvalue weighted by molar-refractivity contribution is 6.33. The number of nitro groups is 2. The van der Waals surface area contributed by atoms with Gasteiger partial charge in [0.1, 0.15) is 11.1 Å². The maximum atomic E-state index is 12.8. The number of ether oxygens (including phenoxy) is 1. The van der Waals surface area contributed by atoms with Gasteiger partial charge in [0.2, 0.25) is 5.78 Å². The molecular weight excluding hydrogens is 765 g/mol. The molecule has 0 atom stereocenters. The highest BCUT2D eigenvalue weighted by atomic mass is 35.5. The summed E-state index contributed by atoms with van der Waals surface area (Å²) in [6, 6.07) is 14.0. The minimum atomic E-state index is -4.84. The monoisotopic (exact) mass is 784 g/mol. The first-order valence-electron chi connectivity index (χ1n) is 14.3. The van der Waals surface area contributed by atoms with Gasteiger partial charge in [-0.25, -0.2) is 0 Å². The molecule has 53 heavy (non-hydrogen) atoms. The Labute approximate surface area is 303 Å². The zero-order valence-corrected chi connectivity index (χ0v) is 28.0. The van der Waals surface area contributed by atoms with Crippen molar-refractivity contribution in [2.24, 2.45) is 0 Å². The first-order valence-corrected chi connectivity index (χ1v) is 15.0. The quantitative estimate of drug-likeness (QED) is 0.0211. The molecule has 276 valence electrons. The standard InChI is InChI=1S/C18H11ClF3NO5.C16H9ClF3NO4/c1-28-9-14(16(24)10-2-5-12(19)6-3-10)17(25)13-7-4-11(18(20,21)22)8-15(13)23(26)27;17-11-4-1-9(2-5-11)14(22)8-15(23)12-6-3-10(16(18,19)20)7-13(12)21(24)25/h2-9H,1H3;1-7H,8H2. The molecule has 0 saturated heterocycles. The number of ketones is 4.